The molecule has 1 aliphatic rings. The first-order chi connectivity index (χ1) is 15.5. The molecular formula is C25H28N4O3. The number of hydrogen-bond donors (Lipinski definition) is 0. The highest BCUT2D eigenvalue weighted by atomic mass is 16.5. The summed E-state index contributed by atoms with van der Waals surface area (Å²) in [6, 6.07) is 15.2. The van der Waals surface area contributed by atoms with Crippen molar-refractivity contribution in [2.75, 3.05) is 26.7 Å². The summed E-state index contributed by atoms with van der Waals surface area (Å²) in [6.07, 6.45) is 3.68. The lowest BCUT2D eigenvalue weighted by atomic mass is 10.00. The quantitative estimate of drug-likeness (QED) is 0.621. The molecule has 0 spiro atoms. The van der Waals surface area contributed by atoms with Crippen molar-refractivity contribution in [2.45, 2.75) is 26.4 Å². The summed E-state index contributed by atoms with van der Waals surface area (Å²) in [4.78, 5) is 33.8. The molecular weight excluding hydrogens is 404 g/mol. The van der Waals surface area contributed by atoms with E-state index in [4.69, 9.17) is 4.74 Å². The first kappa shape index (κ1) is 21.6. The van der Waals surface area contributed by atoms with Gasteiger partial charge in [0.05, 0.1) is 13.2 Å². The highest BCUT2D eigenvalue weighted by molar-refractivity contribution is 5.96. The van der Waals surface area contributed by atoms with Crippen LogP contribution in [-0.4, -0.2) is 57.9 Å². The van der Waals surface area contributed by atoms with Crippen LogP contribution >= 0.6 is 0 Å². The molecule has 32 heavy (non-hydrogen) atoms. The maximum Gasteiger partial charge on any atom is 0.254 e. The van der Waals surface area contributed by atoms with Gasteiger partial charge in [-0.15, -0.1) is 0 Å². The van der Waals surface area contributed by atoms with E-state index >= 15 is 0 Å². The van der Waals surface area contributed by atoms with Crippen LogP contribution < -0.4 is 4.74 Å². The number of benzene rings is 2. The lowest BCUT2D eigenvalue weighted by Gasteiger charge is -2.41. The minimum absolute atomic E-state index is 0.00824. The molecule has 4 rings (SSSR count). The zero-order valence-electron chi connectivity index (χ0n) is 18.7. The standard InChI is InChI=1S/C25H28N4O3/c1-18-26-12-13-27(18)16-21-6-4-5-7-23(21)25(31)28-14-15-29(19(2)30)24(17-28)20-8-10-22(32-3)11-9-20/h4-13,24H,14-17H2,1-3H3/t24-/m0/s1. The maximum absolute atomic E-state index is 13.6. The highest BCUT2D eigenvalue weighted by Gasteiger charge is 2.33. The van der Waals surface area contributed by atoms with Crippen LogP contribution in [0.25, 0.3) is 0 Å². The topological polar surface area (TPSA) is 67.7 Å². The summed E-state index contributed by atoms with van der Waals surface area (Å²) < 4.78 is 7.29. The second kappa shape index (κ2) is 9.26. The van der Waals surface area contributed by atoms with E-state index in [1.54, 1.807) is 20.2 Å². The van der Waals surface area contributed by atoms with Gasteiger partial charge in [0.2, 0.25) is 5.91 Å². The molecule has 2 amide bonds. The molecule has 1 aliphatic heterocycles. The molecule has 1 atom stereocenters. The number of carbonyl (C=O) groups is 2. The molecule has 0 bridgehead atoms. The zero-order valence-corrected chi connectivity index (χ0v) is 18.7. The number of piperazine rings is 1. The van der Waals surface area contributed by atoms with E-state index in [0.29, 0.717) is 31.7 Å². The Morgan fingerprint density at radius 2 is 1.84 bits per heavy atom. The molecule has 7 nitrogen and oxygen atoms in total. The van der Waals surface area contributed by atoms with Gasteiger partial charge in [0.15, 0.2) is 0 Å². The summed E-state index contributed by atoms with van der Waals surface area (Å²) in [7, 11) is 1.63. The van der Waals surface area contributed by atoms with Crippen LogP contribution in [0, 0.1) is 6.92 Å². The van der Waals surface area contributed by atoms with Gasteiger partial charge in [0.1, 0.15) is 11.6 Å². The van der Waals surface area contributed by atoms with E-state index < -0.39 is 0 Å². The summed E-state index contributed by atoms with van der Waals surface area (Å²) in [6.45, 7) is 5.57. The second-order valence-corrected chi connectivity index (χ2v) is 8.01. The molecule has 7 heteroatoms. The first-order valence-corrected chi connectivity index (χ1v) is 10.7. The summed E-state index contributed by atoms with van der Waals surface area (Å²) >= 11 is 0. The van der Waals surface area contributed by atoms with Crippen LogP contribution in [0.4, 0.5) is 0 Å². The summed E-state index contributed by atoms with van der Waals surface area (Å²) in [5, 5.41) is 0. The number of carbonyl (C=O) groups excluding carboxylic acids is 2. The highest BCUT2D eigenvalue weighted by Crippen LogP contribution is 2.28. The van der Waals surface area contributed by atoms with Gasteiger partial charge in [-0.25, -0.2) is 4.98 Å². The van der Waals surface area contributed by atoms with E-state index in [1.807, 2.05) is 76.0 Å². The van der Waals surface area contributed by atoms with E-state index in [9.17, 15) is 9.59 Å². The fraction of sp³-hybridized carbons (Fsp3) is 0.320. The summed E-state index contributed by atoms with van der Waals surface area (Å²) in [5.74, 6) is 1.66. The summed E-state index contributed by atoms with van der Waals surface area (Å²) in [5.41, 5.74) is 2.62. The van der Waals surface area contributed by atoms with E-state index in [0.717, 1.165) is 22.7 Å². The minimum Gasteiger partial charge on any atom is -0.497 e. The fourth-order valence-electron chi connectivity index (χ4n) is 4.25. The smallest absolute Gasteiger partial charge is 0.254 e. The Morgan fingerprint density at radius 1 is 1.09 bits per heavy atom. The van der Waals surface area contributed by atoms with Crippen molar-refractivity contribution in [1.29, 1.82) is 0 Å². The molecule has 0 saturated carbocycles. The van der Waals surface area contributed by atoms with Crippen LogP contribution in [0.1, 0.15) is 40.3 Å². The fourth-order valence-corrected chi connectivity index (χ4v) is 4.25. The van der Waals surface area contributed by atoms with Crippen molar-refractivity contribution in [1.82, 2.24) is 19.4 Å². The number of methoxy groups -OCH3 is 1. The van der Waals surface area contributed by atoms with Crippen molar-refractivity contribution in [3.8, 4) is 5.75 Å². The predicted octanol–water partition coefficient (Wildman–Crippen LogP) is 3.29. The Hall–Kier alpha value is -3.61. The number of aryl methyl sites for hydroxylation is 1. The average molecular weight is 433 g/mol. The molecule has 1 fully saturated rings. The minimum atomic E-state index is -0.195. The first-order valence-electron chi connectivity index (χ1n) is 10.7. The SMILES string of the molecule is COc1ccc([C@@H]2CN(C(=O)c3ccccc3Cn3ccnc3C)CCN2C(C)=O)cc1. The third-order valence-electron chi connectivity index (χ3n) is 6.08. The van der Waals surface area contributed by atoms with Crippen LogP contribution in [0.2, 0.25) is 0 Å². The van der Waals surface area contributed by atoms with Crippen molar-refractivity contribution in [3.63, 3.8) is 0 Å². The van der Waals surface area contributed by atoms with Gasteiger partial charge >= 0.3 is 0 Å². The number of rotatable bonds is 5. The van der Waals surface area contributed by atoms with Crippen LogP contribution in [0.15, 0.2) is 60.9 Å². The predicted molar refractivity (Wildman–Crippen MR) is 122 cm³/mol. The molecule has 0 N–H and O–H groups in total. The molecule has 0 radical (unpaired) electrons. The maximum atomic E-state index is 13.6. The molecule has 0 aliphatic carbocycles. The Balaban J connectivity index is 1.59. The van der Waals surface area contributed by atoms with Gasteiger partial charge in [-0.05, 0) is 36.2 Å². The lowest BCUT2D eigenvalue weighted by molar-refractivity contribution is -0.133. The third kappa shape index (κ3) is 4.37. The molecule has 2 aromatic carbocycles. The molecule has 166 valence electrons. The van der Waals surface area contributed by atoms with Crippen LogP contribution in [0.5, 0.6) is 5.75 Å². The van der Waals surface area contributed by atoms with Gasteiger partial charge in [-0.3, -0.25) is 9.59 Å². The zero-order chi connectivity index (χ0) is 22.7. The van der Waals surface area contributed by atoms with E-state index in [1.165, 1.54) is 0 Å². The molecule has 1 saturated heterocycles. The number of imidazole rings is 1. The Bertz CT molecular complexity index is 1110. The molecule has 0 unspecified atom stereocenters. The lowest BCUT2D eigenvalue weighted by Crippen LogP contribution is -2.52. The van der Waals surface area contributed by atoms with Gasteiger partial charge in [0, 0.05) is 51.1 Å². The second-order valence-electron chi connectivity index (χ2n) is 8.01. The monoisotopic (exact) mass is 432 g/mol. The van der Waals surface area contributed by atoms with Crippen LogP contribution in [0.3, 0.4) is 0 Å². The third-order valence-corrected chi connectivity index (χ3v) is 6.08. The van der Waals surface area contributed by atoms with Gasteiger partial charge in [-0.2, -0.15) is 0 Å². The number of hydrogen-bond acceptors (Lipinski definition) is 4. The van der Waals surface area contributed by atoms with Crippen LogP contribution in [-0.2, 0) is 11.3 Å². The van der Waals surface area contributed by atoms with Crippen molar-refractivity contribution in [3.05, 3.63) is 83.4 Å². The van der Waals surface area contributed by atoms with Crippen molar-refractivity contribution >= 4 is 11.8 Å². The van der Waals surface area contributed by atoms with E-state index in [2.05, 4.69) is 4.98 Å². The Morgan fingerprint density at radius 3 is 2.50 bits per heavy atom. The largest absolute Gasteiger partial charge is 0.497 e. The normalized spacial score (nSPS) is 16.2. The van der Waals surface area contributed by atoms with Crippen molar-refractivity contribution in [2.24, 2.45) is 0 Å². The van der Waals surface area contributed by atoms with Gasteiger partial charge in [-0.1, -0.05) is 30.3 Å². The Kier molecular flexibility index (Phi) is 6.25. The average Bonchev–Trinajstić information content (AvgIpc) is 3.22. The Labute approximate surface area is 188 Å². The molecule has 2 heterocycles. The van der Waals surface area contributed by atoms with Gasteiger partial charge < -0.3 is 19.1 Å². The molecule has 3 aromatic rings. The number of amides is 2. The number of ether oxygens (including phenoxy) is 1. The van der Waals surface area contributed by atoms with Gasteiger partial charge in [0.25, 0.3) is 5.91 Å². The number of nitrogens with zero attached hydrogens (tertiary/aromatic N) is 4. The molecule has 1 aromatic heterocycles. The number of aromatic nitrogens is 2. The van der Waals surface area contributed by atoms with E-state index in [-0.39, 0.29) is 17.9 Å². The van der Waals surface area contributed by atoms with Crippen molar-refractivity contribution < 1.29 is 14.3 Å².